The van der Waals surface area contributed by atoms with Gasteiger partial charge in [0.25, 0.3) is 0 Å². The van der Waals surface area contributed by atoms with Crippen LogP contribution in [-0.4, -0.2) is 38.7 Å². The number of halogens is 3. The summed E-state index contributed by atoms with van der Waals surface area (Å²) in [4.78, 5) is 12.8. The van der Waals surface area contributed by atoms with Crippen LogP contribution >= 0.6 is 0 Å². The van der Waals surface area contributed by atoms with Crippen molar-refractivity contribution in [2.45, 2.75) is 6.18 Å². The van der Waals surface area contributed by atoms with E-state index in [0.717, 1.165) is 30.3 Å². The van der Waals surface area contributed by atoms with E-state index in [1.54, 1.807) is 0 Å². The molecule has 166 valence electrons. The molecule has 0 radical (unpaired) electrons. The van der Waals surface area contributed by atoms with Gasteiger partial charge in [-0.2, -0.15) is 26.3 Å². The van der Waals surface area contributed by atoms with Crippen LogP contribution in [0.15, 0.2) is 41.2 Å². The Morgan fingerprint density at radius 1 is 1.03 bits per heavy atom. The highest BCUT2D eigenvalue weighted by Gasteiger charge is 2.36. The molecule has 3 rings (SSSR count). The van der Waals surface area contributed by atoms with Crippen molar-refractivity contribution in [3.05, 3.63) is 52.2 Å². The van der Waals surface area contributed by atoms with E-state index < -0.39 is 44.3 Å². The molecule has 31 heavy (non-hydrogen) atoms. The number of alkyl halides is 3. The molecule has 1 aromatic heterocycles. The smallest absolute Gasteiger partial charge is 0.417 e. The third-order valence-electron chi connectivity index (χ3n) is 4.31. The molecule has 0 bridgehead atoms. The van der Waals surface area contributed by atoms with E-state index >= 15 is 0 Å². The van der Waals surface area contributed by atoms with E-state index in [0.29, 0.717) is 11.0 Å². The van der Waals surface area contributed by atoms with E-state index in [-0.39, 0.29) is 22.4 Å². The van der Waals surface area contributed by atoms with Gasteiger partial charge in [-0.15, -0.1) is 0 Å². The fraction of sp³-hybridized carbons (Fsp3) is 0.211. The molecule has 0 atom stereocenters. The second kappa shape index (κ2) is 7.69. The fourth-order valence-corrected chi connectivity index (χ4v) is 3.48. The summed E-state index contributed by atoms with van der Waals surface area (Å²) >= 11 is 0. The molecular weight excluding hydrogens is 443 g/mol. The lowest BCUT2D eigenvalue weighted by Crippen LogP contribution is -2.24. The van der Waals surface area contributed by atoms with Crippen molar-refractivity contribution in [3.8, 4) is 28.5 Å². The summed E-state index contributed by atoms with van der Waals surface area (Å²) in [5.41, 5.74) is -3.99. The molecule has 1 heterocycles. The lowest BCUT2D eigenvalue weighted by molar-refractivity contribution is -0.137. The summed E-state index contributed by atoms with van der Waals surface area (Å²) in [5.74, 6) is -1.03. The first-order chi connectivity index (χ1) is 14.4. The molecule has 12 heteroatoms. The van der Waals surface area contributed by atoms with E-state index in [9.17, 15) is 31.5 Å². The quantitative estimate of drug-likeness (QED) is 0.626. The number of rotatable bonds is 5. The van der Waals surface area contributed by atoms with Crippen molar-refractivity contribution < 1.29 is 40.5 Å². The average molecular weight is 459 g/mol. The molecule has 0 saturated heterocycles. The van der Waals surface area contributed by atoms with Gasteiger partial charge in [-0.25, -0.2) is 0 Å². The summed E-state index contributed by atoms with van der Waals surface area (Å²) in [6, 6.07) is 6.35. The van der Waals surface area contributed by atoms with Crippen LogP contribution in [0, 0.1) is 0 Å². The predicted molar refractivity (Wildman–Crippen MR) is 105 cm³/mol. The van der Waals surface area contributed by atoms with Crippen molar-refractivity contribution in [1.29, 1.82) is 0 Å². The number of fused-ring (bicyclic) bond motifs is 1. The molecule has 3 aromatic rings. The Kier molecular flexibility index (Phi) is 5.53. The maximum atomic E-state index is 13.6. The van der Waals surface area contributed by atoms with Gasteiger partial charge in [0.15, 0.2) is 17.2 Å². The Labute approximate surface area is 174 Å². The molecule has 0 aliphatic heterocycles. The van der Waals surface area contributed by atoms with Crippen LogP contribution in [0.1, 0.15) is 5.56 Å². The molecule has 0 spiro atoms. The minimum atomic E-state index is -4.87. The summed E-state index contributed by atoms with van der Waals surface area (Å²) < 4.78 is 80.2. The Morgan fingerprint density at radius 2 is 1.61 bits per heavy atom. The van der Waals surface area contributed by atoms with Gasteiger partial charge in [0.05, 0.1) is 36.9 Å². The van der Waals surface area contributed by atoms with E-state index in [4.69, 9.17) is 13.8 Å². The van der Waals surface area contributed by atoms with Crippen LogP contribution in [0.4, 0.5) is 13.2 Å². The molecular formula is C19H16F3NO7S. The van der Waals surface area contributed by atoms with Crippen molar-refractivity contribution in [1.82, 2.24) is 4.73 Å². The van der Waals surface area contributed by atoms with E-state index in [1.165, 1.54) is 20.3 Å². The van der Waals surface area contributed by atoms with Gasteiger partial charge in [0, 0.05) is 11.6 Å². The zero-order valence-electron chi connectivity index (χ0n) is 16.4. The van der Waals surface area contributed by atoms with Gasteiger partial charge in [-0.1, -0.05) is 18.2 Å². The van der Waals surface area contributed by atoms with Crippen LogP contribution in [0.2, 0.25) is 0 Å². The van der Waals surface area contributed by atoms with Crippen molar-refractivity contribution in [3.63, 3.8) is 0 Å². The molecule has 0 aliphatic carbocycles. The van der Waals surface area contributed by atoms with Crippen molar-refractivity contribution >= 4 is 21.0 Å². The van der Waals surface area contributed by atoms with Crippen molar-refractivity contribution in [2.75, 3.05) is 20.5 Å². The Balaban J connectivity index is 2.58. The predicted octanol–water partition coefficient (Wildman–Crippen LogP) is 2.80. The first-order valence-electron chi connectivity index (χ1n) is 8.49. The van der Waals surface area contributed by atoms with Gasteiger partial charge in [0.1, 0.15) is 5.69 Å². The Morgan fingerprint density at radius 3 is 2.16 bits per heavy atom. The van der Waals surface area contributed by atoms with Crippen LogP contribution in [0.25, 0.3) is 22.2 Å². The maximum absolute atomic E-state index is 13.6. The highest BCUT2D eigenvalue weighted by Crippen LogP contribution is 2.41. The zero-order valence-corrected chi connectivity index (χ0v) is 17.2. The van der Waals surface area contributed by atoms with Crippen LogP contribution < -0.4 is 19.2 Å². The monoisotopic (exact) mass is 459 g/mol. The number of nitrogens with zero attached hydrogens (tertiary/aromatic N) is 1. The lowest BCUT2D eigenvalue weighted by atomic mass is 10.0. The van der Waals surface area contributed by atoms with Crippen LogP contribution in [-0.2, 0) is 16.3 Å². The van der Waals surface area contributed by atoms with Crippen LogP contribution in [0.3, 0.4) is 0 Å². The maximum Gasteiger partial charge on any atom is 0.417 e. The number of methoxy groups -OCH3 is 2. The molecule has 8 nitrogen and oxygen atoms in total. The molecule has 0 aliphatic rings. The first-order valence-corrected chi connectivity index (χ1v) is 10.3. The van der Waals surface area contributed by atoms with E-state index in [1.807, 2.05) is 0 Å². The lowest BCUT2D eigenvalue weighted by Gasteiger charge is -2.20. The summed E-state index contributed by atoms with van der Waals surface area (Å²) in [7, 11) is -1.77. The fourth-order valence-electron chi connectivity index (χ4n) is 3.06. The Hall–Kier alpha value is -3.41. The second-order valence-electron chi connectivity index (χ2n) is 6.37. The van der Waals surface area contributed by atoms with E-state index in [2.05, 4.69) is 0 Å². The summed E-state index contributed by atoms with van der Waals surface area (Å²) in [5, 5.41) is 10.3. The van der Waals surface area contributed by atoms with Crippen molar-refractivity contribution in [2.24, 2.45) is 0 Å². The average Bonchev–Trinajstić information content (AvgIpc) is 2.69. The van der Waals surface area contributed by atoms with Gasteiger partial charge >= 0.3 is 16.3 Å². The topological polar surface area (TPSA) is 104 Å². The van der Waals surface area contributed by atoms with Gasteiger partial charge in [0.2, 0.25) is 5.43 Å². The van der Waals surface area contributed by atoms with Gasteiger partial charge < -0.3 is 14.6 Å². The number of benzene rings is 2. The third kappa shape index (κ3) is 4.10. The standard InChI is InChI=1S/C19H16F3NO7S/c1-28-14-8-11-13(9-15(14)29-2)23(30-31(3,26)27)16(18(25)17(11)24)10-6-4-5-7-12(10)19(20,21)22/h4-9,25H,1-3H3. The number of hydrogen-bond donors (Lipinski definition) is 1. The minimum Gasteiger partial charge on any atom is -0.503 e. The third-order valence-corrected chi connectivity index (χ3v) is 4.73. The van der Waals surface area contributed by atoms with Gasteiger partial charge in [-0.05, 0) is 12.1 Å². The van der Waals surface area contributed by atoms with Gasteiger partial charge in [-0.3, -0.25) is 9.08 Å². The normalized spacial score (nSPS) is 12.1. The molecule has 0 unspecified atom stereocenters. The summed E-state index contributed by atoms with van der Waals surface area (Å²) in [6.07, 6.45) is -4.21. The Bertz CT molecular complexity index is 1330. The number of aromatic hydroxyl groups is 1. The number of pyridine rings is 1. The molecule has 0 saturated carbocycles. The highest BCUT2D eigenvalue weighted by molar-refractivity contribution is 7.86. The second-order valence-corrected chi connectivity index (χ2v) is 7.92. The first kappa shape index (κ1) is 22.3. The minimum absolute atomic E-state index is 0.0426. The number of ether oxygens (including phenoxy) is 2. The highest BCUT2D eigenvalue weighted by atomic mass is 32.2. The largest absolute Gasteiger partial charge is 0.503 e. The SMILES string of the molecule is COc1cc2c(=O)c(O)c(-c3ccccc3C(F)(F)F)n(OS(C)(=O)=O)c2cc1OC. The number of aromatic nitrogens is 1. The molecule has 0 fully saturated rings. The molecule has 2 aromatic carbocycles. The number of hydrogen-bond acceptors (Lipinski definition) is 7. The summed E-state index contributed by atoms with van der Waals surface area (Å²) in [6.45, 7) is 0. The molecule has 1 N–H and O–H groups in total. The van der Waals surface area contributed by atoms with Crippen LogP contribution in [0.5, 0.6) is 17.2 Å². The zero-order chi connectivity index (χ0) is 23.1. The molecule has 0 amide bonds.